The molecule has 13 heavy (non-hydrogen) atoms. The van der Waals surface area contributed by atoms with Gasteiger partial charge in [0.05, 0.1) is 11.5 Å². The van der Waals surface area contributed by atoms with Crippen LogP contribution in [0.25, 0.3) is 0 Å². The zero-order valence-electron chi connectivity index (χ0n) is 7.37. The van der Waals surface area contributed by atoms with Gasteiger partial charge >= 0.3 is 0 Å². The van der Waals surface area contributed by atoms with Gasteiger partial charge < -0.3 is 10.5 Å². The van der Waals surface area contributed by atoms with Crippen LogP contribution in [0.3, 0.4) is 0 Å². The zero-order chi connectivity index (χ0) is 9.84. The van der Waals surface area contributed by atoms with Crippen LogP contribution in [0.15, 0.2) is 24.3 Å². The summed E-state index contributed by atoms with van der Waals surface area (Å²) < 4.78 is 0. The lowest BCUT2D eigenvalue weighted by molar-refractivity contribution is 0.190. The van der Waals surface area contributed by atoms with Crippen molar-refractivity contribution in [2.24, 2.45) is 0 Å². The summed E-state index contributed by atoms with van der Waals surface area (Å²) in [5.74, 6) is 0. The average Bonchev–Trinajstić information content (AvgIpc) is 2.16. The molecule has 0 bridgehead atoms. The molecule has 1 rings (SSSR count). The summed E-state index contributed by atoms with van der Waals surface area (Å²) in [7, 11) is 0. The number of aliphatic hydroxyl groups excluding tert-OH is 1. The summed E-state index contributed by atoms with van der Waals surface area (Å²) in [6.07, 6.45) is 0.678. The van der Waals surface area contributed by atoms with Crippen molar-refractivity contribution in [3.63, 3.8) is 0 Å². The first-order valence-corrected chi connectivity index (χ1v) is 4.51. The highest BCUT2D eigenvalue weighted by Gasteiger charge is 2.13. The lowest BCUT2D eigenvalue weighted by Gasteiger charge is -2.12. The van der Waals surface area contributed by atoms with Gasteiger partial charge in [0.25, 0.3) is 0 Å². The molecule has 0 saturated heterocycles. The van der Waals surface area contributed by atoms with Gasteiger partial charge in [0.15, 0.2) is 0 Å². The first-order chi connectivity index (χ1) is 6.15. The fraction of sp³-hybridized carbons (Fsp3) is 0.300. The van der Waals surface area contributed by atoms with Gasteiger partial charge in [0, 0.05) is 6.21 Å². The highest BCUT2D eigenvalue weighted by atomic mass is 35.5. The third-order valence-corrected chi connectivity index (χ3v) is 2.44. The number of hydrogen-bond acceptors (Lipinski definition) is 2. The maximum atomic E-state index is 9.25. The first-order valence-electron chi connectivity index (χ1n) is 4.07. The number of halogens is 1. The van der Waals surface area contributed by atoms with Crippen LogP contribution in [0, 0.1) is 5.41 Å². The molecule has 2 nitrogen and oxygen atoms in total. The van der Waals surface area contributed by atoms with Gasteiger partial charge in [-0.3, -0.25) is 0 Å². The van der Waals surface area contributed by atoms with Crippen molar-refractivity contribution in [3.8, 4) is 0 Å². The van der Waals surface area contributed by atoms with Crippen LogP contribution in [0.2, 0.25) is 0 Å². The highest BCUT2D eigenvalue weighted by molar-refractivity contribution is 6.21. The van der Waals surface area contributed by atoms with Crippen molar-refractivity contribution in [2.45, 2.75) is 18.4 Å². The van der Waals surface area contributed by atoms with Crippen molar-refractivity contribution in [2.75, 3.05) is 0 Å². The number of rotatable bonds is 3. The largest absolute Gasteiger partial charge is 0.392 e. The van der Waals surface area contributed by atoms with Crippen LogP contribution >= 0.6 is 11.6 Å². The van der Waals surface area contributed by atoms with Crippen molar-refractivity contribution in [3.05, 3.63) is 35.4 Å². The molecule has 2 N–H and O–H groups in total. The summed E-state index contributed by atoms with van der Waals surface area (Å²) in [6, 6.07) is 7.30. The van der Waals surface area contributed by atoms with E-state index in [1.165, 1.54) is 6.21 Å². The minimum atomic E-state index is -0.581. The Morgan fingerprint density at radius 2 is 2.23 bits per heavy atom. The molecule has 0 aliphatic heterocycles. The minimum Gasteiger partial charge on any atom is -0.392 e. The molecule has 2 unspecified atom stereocenters. The number of benzene rings is 1. The molecule has 0 radical (unpaired) electrons. The van der Waals surface area contributed by atoms with Gasteiger partial charge in [0.2, 0.25) is 0 Å². The average molecular weight is 198 g/mol. The Balaban J connectivity index is 2.94. The van der Waals surface area contributed by atoms with Crippen LogP contribution in [0.4, 0.5) is 0 Å². The van der Waals surface area contributed by atoms with Gasteiger partial charge in [-0.05, 0) is 24.1 Å². The molecule has 0 spiro atoms. The van der Waals surface area contributed by atoms with E-state index in [0.29, 0.717) is 0 Å². The maximum Gasteiger partial charge on any atom is 0.0842 e. The molecular formula is C10H12ClNO. The van der Waals surface area contributed by atoms with E-state index in [1.54, 1.807) is 13.0 Å². The van der Waals surface area contributed by atoms with E-state index < -0.39 is 11.5 Å². The van der Waals surface area contributed by atoms with Crippen molar-refractivity contribution in [1.82, 2.24) is 0 Å². The molecule has 0 aliphatic rings. The van der Waals surface area contributed by atoms with E-state index in [9.17, 15) is 5.11 Å². The number of alkyl halides is 1. The Morgan fingerprint density at radius 3 is 2.77 bits per heavy atom. The number of hydrogen-bond donors (Lipinski definition) is 2. The number of nitrogens with one attached hydrogen (secondary N) is 1. The van der Waals surface area contributed by atoms with E-state index in [0.717, 1.165) is 11.1 Å². The van der Waals surface area contributed by atoms with E-state index in [4.69, 9.17) is 17.0 Å². The second-order valence-electron chi connectivity index (χ2n) is 2.96. The third kappa shape index (κ3) is 2.54. The molecule has 0 amide bonds. The molecule has 1 aromatic carbocycles. The summed E-state index contributed by atoms with van der Waals surface area (Å²) in [6.45, 7) is 1.65. The predicted molar refractivity (Wildman–Crippen MR) is 54.6 cm³/mol. The van der Waals surface area contributed by atoms with Gasteiger partial charge in [-0.15, -0.1) is 11.6 Å². The van der Waals surface area contributed by atoms with Crippen LogP contribution in [-0.4, -0.2) is 17.4 Å². The van der Waals surface area contributed by atoms with E-state index in [-0.39, 0.29) is 0 Å². The molecule has 0 fully saturated rings. The lowest BCUT2D eigenvalue weighted by atomic mass is 10.1. The Labute approximate surface area is 82.7 Å². The smallest absolute Gasteiger partial charge is 0.0842 e. The Bertz CT molecular complexity index is 299. The molecule has 1 aromatic rings. The standard InChI is InChI=1S/C10H12ClNO/c1-7(13)10(11)9-4-2-3-8(5-9)6-12/h2-7,10,12-13H,1H3. The summed E-state index contributed by atoms with van der Waals surface area (Å²) in [5, 5.41) is 15.9. The quantitative estimate of drug-likeness (QED) is 0.567. The van der Waals surface area contributed by atoms with Crippen molar-refractivity contribution in [1.29, 1.82) is 5.41 Å². The van der Waals surface area contributed by atoms with Crippen molar-refractivity contribution >= 4 is 17.8 Å². The van der Waals surface area contributed by atoms with Crippen LogP contribution < -0.4 is 0 Å². The highest BCUT2D eigenvalue weighted by Crippen LogP contribution is 2.24. The molecule has 2 atom stereocenters. The monoisotopic (exact) mass is 197 g/mol. The molecule has 70 valence electrons. The molecule has 0 aromatic heterocycles. The predicted octanol–water partition coefficient (Wildman–Crippen LogP) is 2.34. The topological polar surface area (TPSA) is 44.1 Å². The molecular weight excluding hydrogens is 186 g/mol. The normalized spacial score (nSPS) is 15.0. The van der Waals surface area contributed by atoms with Gasteiger partial charge in [0.1, 0.15) is 0 Å². The lowest BCUT2D eigenvalue weighted by Crippen LogP contribution is -2.08. The Morgan fingerprint density at radius 1 is 1.54 bits per heavy atom. The molecule has 0 aliphatic carbocycles. The fourth-order valence-corrected chi connectivity index (χ4v) is 1.23. The van der Waals surface area contributed by atoms with Crippen LogP contribution in [0.5, 0.6) is 0 Å². The molecule has 3 heteroatoms. The van der Waals surface area contributed by atoms with Gasteiger partial charge in [-0.1, -0.05) is 18.2 Å². The zero-order valence-corrected chi connectivity index (χ0v) is 8.12. The second-order valence-corrected chi connectivity index (χ2v) is 3.43. The summed E-state index contributed by atoms with van der Waals surface area (Å²) in [5.41, 5.74) is 1.64. The minimum absolute atomic E-state index is 0.403. The number of aliphatic hydroxyl groups is 1. The Hall–Kier alpha value is -0.860. The van der Waals surface area contributed by atoms with Crippen LogP contribution in [-0.2, 0) is 0 Å². The Kier molecular flexibility index (Phi) is 3.46. The van der Waals surface area contributed by atoms with Crippen LogP contribution in [0.1, 0.15) is 23.4 Å². The maximum absolute atomic E-state index is 9.25. The van der Waals surface area contributed by atoms with Crippen molar-refractivity contribution < 1.29 is 5.11 Å². The van der Waals surface area contributed by atoms with Gasteiger partial charge in [-0.2, -0.15) is 0 Å². The fourth-order valence-electron chi connectivity index (χ4n) is 1.10. The van der Waals surface area contributed by atoms with Gasteiger partial charge in [-0.25, -0.2) is 0 Å². The SMILES string of the molecule is CC(O)C(Cl)c1cccc(C=N)c1. The summed E-state index contributed by atoms with van der Waals surface area (Å²) in [4.78, 5) is 0. The summed E-state index contributed by atoms with van der Waals surface area (Å²) >= 11 is 5.94. The third-order valence-electron chi connectivity index (χ3n) is 1.82. The molecule has 0 heterocycles. The van der Waals surface area contributed by atoms with E-state index in [1.807, 2.05) is 18.2 Å². The van der Waals surface area contributed by atoms with E-state index in [2.05, 4.69) is 0 Å². The first kappa shape index (κ1) is 10.2. The van der Waals surface area contributed by atoms with E-state index >= 15 is 0 Å². The second kappa shape index (κ2) is 4.40. The molecule has 0 saturated carbocycles.